The molecule has 0 saturated carbocycles. The first kappa shape index (κ1) is 15.3. The molecule has 0 radical (unpaired) electrons. The molecule has 128 valence electrons. The van der Waals surface area contributed by atoms with Crippen molar-refractivity contribution in [3.8, 4) is 22.8 Å². The number of hydrogen-bond donors (Lipinski definition) is 0. The molecule has 5 rings (SSSR count). The first-order chi connectivity index (χ1) is 13.4. The van der Waals surface area contributed by atoms with E-state index in [1.165, 1.54) is 0 Å². The maximum absolute atomic E-state index is 4.81. The van der Waals surface area contributed by atoms with Crippen LogP contribution >= 0.6 is 0 Å². The lowest BCUT2D eigenvalue weighted by Crippen LogP contribution is -2.03. The van der Waals surface area contributed by atoms with Crippen LogP contribution in [-0.2, 0) is 0 Å². The summed E-state index contributed by atoms with van der Waals surface area (Å²) in [6, 6.07) is 20.2. The fraction of sp³-hybridized carbons (Fsp3) is 0. The largest absolute Gasteiger partial charge is 0.261 e. The summed E-state index contributed by atoms with van der Waals surface area (Å²) in [5, 5.41) is 14.4. The Morgan fingerprint density at radius 2 is 1.59 bits per heavy atom. The zero-order chi connectivity index (χ0) is 18.1. The highest BCUT2D eigenvalue weighted by molar-refractivity contribution is 5.71. The summed E-state index contributed by atoms with van der Waals surface area (Å²) in [5.41, 5.74) is 4.28. The molecular weight excluding hydrogens is 336 g/mol. The average molecular weight is 350 g/mol. The van der Waals surface area contributed by atoms with E-state index in [-0.39, 0.29) is 0 Å². The van der Waals surface area contributed by atoms with Crippen LogP contribution in [0.3, 0.4) is 0 Å². The topological polar surface area (TPSA) is 68.9 Å². The first-order valence-electron chi connectivity index (χ1n) is 8.54. The van der Waals surface area contributed by atoms with E-state index in [0.29, 0.717) is 17.2 Å². The van der Waals surface area contributed by atoms with Crippen LogP contribution in [-0.4, -0.2) is 29.8 Å². The molecule has 6 heteroatoms. The minimum Gasteiger partial charge on any atom is -0.261 e. The van der Waals surface area contributed by atoms with E-state index in [9.17, 15) is 0 Å². The Labute approximate surface area is 154 Å². The van der Waals surface area contributed by atoms with Crippen LogP contribution in [0.1, 0.15) is 5.56 Å². The summed E-state index contributed by atoms with van der Waals surface area (Å²) in [6.07, 6.45) is 7.01. The van der Waals surface area contributed by atoms with Crippen molar-refractivity contribution in [2.75, 3.05) is 0 Å². The van der Waals surface area contributed by atoms with Gasteiger partial charge >= 0.3 is 0 Å². The maximum atomic E-state index is 4.81. The molecule has 0 aliphatic carbocycles. The second-order valence-corrected chi connectivity index (χ2v) is 6.03. The van der Waals surface area contributed by atoms with Crippen molar-refractivity contribution in [3.63, 3.8) is 0 Å². The van der Waals surface area contributed by atoms with E-state index in [1.807, 2.05) is 48.5 Å². The number of benzene rings is 2. The molecule has 0 fully saturated rings. The van der Waals surface area contributed by atoms with Crippen molar-refractivity contribution < 1.29 is 0 Å². The Morgan fingerprint density at radius 3 is 2.33 bits per heavy atom. The molecule has 5 aromatic rings. The zero-order valence-corrected chi connectivity index (χ0v) is 14.3. The summed E-state index contributed by atoms with van der Waals surface area (Å²) in [7, 11) is 0. The van der Waals surface area contributed by atoms with Gasteiger partial charge in [0.1, 0.15) is 11.4 Å². The lowest BCUT2D eigenvalue weighted by atomic mass is 10.1. The average Bonchev–Trinajstić information content (AvgIpc) is 3.30. The van der Waals surface area contributed by atoms with Crippen LogP contribution in [0, 0.1) is 0 Å². The molecule has 0 aliphatic heterocycles. The molecule has 6 nitrogen and oxygen atoms in total. The van der Waals surface area contributed by atoms with Crippen LogP contribution in [0.15, 0.2) is 79.3 Å². The van der Waals surface area contributed by atoms with Crippen molar-refractivity contribution in [3.05, 3.63) is 90.0 Å². The highest BCUT2D eigenvalue weighted by Crippen LogP contribution is 2.18. The maximum Gasteiger partial charge on any atom is 0.205 e. The quantitative estimate of drug-likeness (QED) is 0.500. The van der Waals surface area contributed by atoms with Crippen molar-refractivity contribution in [2.45, 2.75) is 0 Å². The summed E-state index contributed by atoms with van der Waals surface area (Å²) >= 11 is 0. The van der Waals surface area contributed by atoms with Gasteiger partial charge in [-0.25, -0.2) is 4.98 Å². The Hall–Kier alpha value is -3.93. The van der Waals surface area contributed by atoms with Gasteiger partial charge < -0.3 is 0 Å². The van der Waals surface area contributed by atoms with E-state index < -0.39 is 0 Å². The number of aromatic nitrogens is 6. The molecule has 3 aromatic heterocycles. The molecule has 0 bridgehead atoms. The van der Waals surface area contributed by atoms with Crippen LogP contribution in [0.5, 0.6) is 0 Å². The lowest BCUT2D eigenvalue weighted by Gasteiger charge is -1.97. The summed E-state index contributed by atoms with van der Waals surface area (Å²) in [4.78, 5) is 8.45. The van der Waals surface area contributed by atoms with Crippen LogP contribution in [0.4, 0.5) is 0 Å². The van der Waals surface area contributed by atoms with Crippen LogP contribution < -0.4 is 5.22 Å². The number of fused-ring (bicyclic) bond motifs is 1. The van der Waals surface area contributed by atoms with Crippen molar-refractivity contribution in [1.82, 2.24) is 29.8 Å². The Bertz CT molecular complexity index is 1250. The van der Waals surface area contributed by atoms with Gasteiger partial charge in [-0.2, -0.15) is 9.61 Å². The lowest BCUT2D eigenvalue weighted by molar-refractivity contribution is 0.957. The predicted octanol–water partition coefficient (Wildman–Crippen LogP) is 2.80. The minimum absolute atomic E-state index is 0.572. The highest BCUT2D eigenvalue weighted by Gasteiger charge is 2.17. The summed E-state index contributed by atoms with van der Waals surface area (Å²) in [6.45, 7) is 0. The molecule has 3 heterocycles. The molecular formula is C21H14N6. The normalized spacial score (nSPS) is 11.9. The molecule has 0 saturated heterocycles. The van der Waals surface area contributed by atoms with Crippen molar-refractivity contribution in [2.24, 2.45) is 0 Å². The molecule has 0 atom stereocenters. The second-order valence-electron chi connectivity index (χ2n) is 6.03. The van der Waals surface area contributed by atoms with Crippen LogP contribution in [0.25, 0.3) is 34.5 Å². The number of hydrogen-bond acceptors (Lipinski definition) is 5. The van der Waals surface area contributed by atoms with Gasteiger partial charge in [0.05, 0.1) is 6.20 Å². The van der Waals surface area contributed by atoms with E-state index in [1.54, 1.807) is 23.1 Å². The fourth-order valence-corrected chi connectivity index (χ4v) is 3.03. The van der Waals surface area contributed by atoms with E-state index in [2.05, 4.69) is 38.4 Å². The van der Waals surface area contributed by atoms with Gasteiger partial charge in [-0.1, -0.05) is 60.7 Å². The monoisotopic (exact) mass is 350 g/mol. The van der Waals surface area contributed by atoms with Gasteiger partial charge in [0.25, 0.3) is 0 Å². The standard InChI is InChI=1S/C21H14N6/c1-3-7-15(8-4-1)13-17-19(16-9-5-2-6-10-16)26-27-20(17)24-25-21(27)18-14-22-11-12-23-18/h1-14H. The minimum atomic E-state index is 0.572. The van der Waals surface area contributed by atoms with E-state index in [0.717, 1.165) is 22.0 Å². The third kappa shape index (κ3) is 2.73. The third-order valence-electron chi connectivity index (χ3n) is 4.29. The van der Waals surface area contributed by atoms with Gasteiger partial charge in [-0.05, 0) is 11.6 Å². The van der Waals surface area contributed by atoms with Crippen molar-refractivity contribution in [1.29, 1.82) is 0 Å². The number of rotatable bonds is 3. The highest BCUT2D eigenvalue weighted by atomic mass is 15.4. The van der Waals surface area contributed by atoms with Gasteiger partial charge in [-0.15, -0.1) is 10.2 Å². The number of nitrogens with zero attached hydrogens (tertiary/aromatic N) is 6. The first-order valence-corrected chi connectivity index (χ1v) is 8.54. The second kappa shape index (κ2) is 6.42. The Kier molecular flexibility index (Phi) is 3.65. The van der Waals surface area contributed by atoms with Gasteiger partial charge in [0, 0.05) is 23.2 Å². The zero-order valence-electron chi connectivity index (χ0n) is 14.3. The van der Waals surface area contributed by atoms with Crippen LogP contribution in [0.2, 0.25) is 0 Å². The smallest absolute Gasteiger partial charge is 0.205 e. The molecule has 0 amide bonds. The van der Waals surface area contributed by atoms with Gasteiger partial charge in [0.15, 0.2) is 5.65 Å². The fourth-order valence-electron chi connectivity index (χ4n) is 3.03. The molecule has 0 spiro atoms. The summed E-state index contributed by atoms with van der Waals surface area (Å²) in [5.74, 6) is 0.572. The van der Waals surface area contributed by atoms with Crippen molar-refractivity contribution >= 4 is 11.7 Å². The van der Waals surface area contributed by atoms with Gasteiger partial charge in [0.2, 0.25) is 5.82 Å². The van der Waals surface area contributed by atoms with Gasteiger partial charge in [-0.3, -0.25) is 4.98 Å². The Balaban J connectivity index is 1.81. The predicted molar refractivity (Wildman–Crippen MR) is 102 cm³/mol. The van der Waals surface area contributed by atoms with E-state index >= 15 is 0 Å². The van der Waals surface area contributed by atoms with E-state index in [4.69, 9.17) is 5.10 Å². The molecule has 27 heavy (non-hydrogen) atoms. The third-order valence-corrected chi connectivity index (χ3v) is 4.29. The molecule has 0 unspecified atom stereocenters. The molecule has 0 N–H and O–H groups in total. The summed E-state index contributed by atoms with van der Waals surface area (Å²) < 4.78 is 1.74. The SMILES string of the molecule is C(c1ccccc1)=c1c(-c2ccccc2)nn2c(-c3cnccn3)nnc12. The molecule has 2 aromatic carbocycles. The Morgan fingerprint density at radius 1 is 0.815 bits per heavy atom. The molecule has 0 aliphatic rings.